The van der Waals surface area contributed by atoms with Crippen LogP contribution in [-0.2, 0) is 75.4 Å². The number of ketones is 4. The topological polar surface area (TPSA) is 173 Å². The fourth-order valence-electron chi connectivity index (χ4n) is 12.5. The van der Waals surface area contributed by atoms with Crippen molar-refractivity contribution in [3.8, 4) is 0 Å². The van der Waals surface area contributed by atoms with Crippen molar-refractivity contribution in [2.75, 3.05) is 0 Å². The van der Waals surface area contributed by atoms with Gasteiger partial charge in [-0.1, -0.05) is 170 Å². The molecule has 0 N–H and O–H groups in total. The quantitative estimate of drug-likeness (QED) is 0.0332. The largest absolute Gasteiger partial charge is 0.459 e. The van der Waals surface area contributed by atoms with Crippen LogP contribution < -0.4 is 0 Å². The van der Waals surface area contributed by atoms with E-state index < -0.39 is 57.8 Å². The smallest absolute Gasteiger partial charge is 0.333 e. The first-order valence-electron chi connectivity index (χ1n) is 28.4. The van der Waals surface area contributed by atoms with Gasteiger partial charge >= 0.3 is 23.9 Å². The molecule has 15 heteroatoms. The van der Waals surface area contributed by atoms with Crippen molar-refractivity contribution < 1.29 is 57.3 Å². The number of ether oxygens (including phenoxy) is 4. The molecule has 0 bridgehead atoms. The van der Waals surface area contributed by atoms with E-state index in [1.54, 1.807) is 152 Å². The van der Waals surface area contributed by atoms with Gasteiger partial charge in [0.2, 0.25) is 10.8 Å². The van der Waals surface area contributed by atoms with Crippen LogP contribution in [-0.4, -0.2) is 47.0 Å². The molecule has 89 heavy (non-hydrogen) atoms. The average molecular weight is 1220 g/mol. The zero-order chi connectivity index (χ0) is 60.7. The minimum Gasteiger partial charge on any atom is -0.459 e. The summed E-state index contributed by atoms with van der Waals surface area (Å²) in [5, 5.41) is 3.08. The van der Waals surface area contributed by atoms with E-state index in [2.05, 4.69) is 0 Å². The normalized spacial score (nSPS) is 14.8. The Labute approximate surface area is 519 Å². The molecule has 3 aromatic heterocycles. The second-order valence-corrected chi connectivity index (χ2v) is 25.2. The van der Waals surface area contributed by atoms with E-state index in [9.17, 15) is 19.2 Å². The van der Waals surface area contributed by atoms with Crippen molar-refractivity contribution >= 4 is 135 Å². The molecule has 0 amide bonds. The maximum absolute atomic E-state index is 16.4. The first-order valence-corrected chi connectivity index (χ1v) is 30.9. The van der Waals surface area contributed by atoms with Gasteiger partial charge in [0.15, 0.2) is 23.1 Å². The van der Waals surface area contributed by atoms with Gasteiger partial charge in [-0.2, -0.15) is 0 Å². The molecule has 15 rings (SSSR count). The zero-order valence-electron chi connectivity index (χ0n) is 46.7. The lowest BCUT2D eigenvalue weighted by Gasteiger charge is -2.29. The molecule has 4 aliphatic rings. The Balaban J connectivity index is 0.978. The van der Waals surface area contributed by atoms with E-state index in [-0.39, 0.29) is 96.7 Å². The third-order valence-electron chi connectivity index (χ3n) is 16.7. The summed E-state index contributed by atoms with van der Waals surface area (Å²) in [4.78, 5) is 124. The van der Waals surface area contributed by atoms with Crippen LogP contribution in [0.3, 0.4) is 0 Å². The maximum atomic E-state index is 16.4. The molecule has 0 fully saturated rings. The number of Topliss-reactive ketones (excluding diaryl/α,β-unsaturated/α-hetero) is 4. The maximum Gasteiger partial charge on any atom is 0.333 e. The number of allylic oxidation sites excluding steroid dienone is 2. The van der Waals surface area contributed by atoms with Crippen LogP contribution in [0.4, 0.5) is 0 Å². The molecule has 11 aromatic rings. The summed E-state index contributed by atoms with van der Waals surface area (Å²) in [5.41, 5.74) is -2.57. The van der Waals surface area contributed by atoms with Crippen molar-refractivity contribution in [3.05, 3.63) is 293 Å². The molecular formula is C74H44O12S3. The van der Waals surface area contributed by atoms with E-state index in [4.69, 9.17) is 18.9 Å². The Morgan fingerprint density at radius 3 is 1.06 bits per heavy atom. The Morgan fingerprint density at radius 1 is 0.360 bits per heavy atom. The molecule has 0 radical (unpaired) electrons. The number of hydrogen-bond acceptors (Lipinski definition) is 15. The van der Waals surface area contributed by atoms with Gasteiger partial charge in [0.05, 0.1) is 15.8 Å². The van der Waals surface area contributed by atoms with Gasteiger partial charge in [0.25, 0.3) is 0 Å². The van der Waals surface area contributed by atoms with Crippen molar-refractivity contribution in [1.82, 2.24) is 0 Å². The van der Waals surface area contributed by atoms with Crippen LogP contribution in [0.2, 0.25) is 0 Å². The monoisotopic (exact) mass is 1220 g/mol. The number of hydrogen-bond donors (Lipinski definition) is 0. The molecule has 8 aromatic carbocycles. The highest BCUT2D eigenvalue weighted by atomic mass is 32.1. The molecule has 3 heterocycles. The van der Waals surface area contributed by atoms with Gasteiger partial charge in [-0.3, -0.25) is 38.4 Å². The standard InChI is InChI=1S/C74H44O12S3/c75-62-51-29-45-25-13-14-26-46(45)30-52(51)63(76)55(62)33-49-35-57-66(87-49)59-60(73(57,69(79)83-37-41-17-5-1-6-18-41)70(80)84-38-42-19-7-2-8-20-42)68-61(74(59,71(81)85-39-43-21-9-3-10-22-43)72(82)86-40-44-23-11-4-12-24-44)67-58(89-68)36-50(88-67)34-56-64(77)53-31-47-27-15-16-28-48(47)32-54(53)65(56)78/h1-36H,37-40H2. The molecule has 0 atom stereocenters. The second-order valence-electron chi connectivity index (χ2n) is 22.0. The van der Waals surface area contributed by atoms with Crippen LogP contribution >= 0.6 is 34.0 Å². The number of benzene rings is 8. The number of thiophene rings is 3. The van der Waals surface area contributed by atoms with Crippen molar-refractivity contribution in [2.45, 2.75) is 37.3 Å². The van der Waals surface area contributed by atoms with Gasteiger partial charge < -0.3 is 18.9 Å². The molecule has 12 nitrogen and oxygen atoms in total. The van der Waals surface area contributed by atoms with Crippen LogP contribution in [0.25, 0.3) is 54.2 Å². The fourth-order valence-corrected chi connectivity index (χ4v) is 16.6. The highest BCUT2D eigenvalue weighted by molar-refractivity contribution is 7.29. The average Bonchev–Trinajstić information content (AvgIpc) is 1.48. The Kier molecular flexibility index (Phi) is 13.4. The predicted octanol–water partition coefficient (Wildman–Crippen LogP) is 14.6. The fraction of sp³-hybridized carbons (Fsp3) is 0.0811. The third kappa shape index (κ3) is 8.82. The Hall–Kier alpha value is -10.6. The van der Waals surface area contributed by atoms with Crippen LogP contribution in [0.15, 0.2) is 217 Å². The lowest BCUT2D eigenvalue weighted by molar-refractivity contribution is -0.165. The van der Waals surface area contributed by atoms with Gasteiger partial charge in [-0.05, 0) is 92.3 Å². The van der Waals surface area contributed by atoms with Gasteiger partial charge in [-0.15, -0.1) is 34.0 Å². The summed E-state index contributed by atoms with van der Waals surface area (Å²) in [5.74, 6) is -6.48. The number of carbonyl (C=O) groups excluding carboxylic acids is 8. The van der Waals surface area contributed by atoms with Gasteiger partial charge in [-0.25, -0.2) is 0 Å². The van der Waals surface area contributed by atoms with Crippen LogP contribution in [0, 0.1) is 0 Å². The number of esters is 4. The first kappa shape index (κ1) is 55.0. The summed E-state index contributed by atoms with van der Waals surface area (Å²) in [7, 11) is 0. The molecule has 4 aliphatic carbocycles. The minimum atomic E-state index is -2.67. The molecule has 0 spiro atoms. The molecule has 430 valence electrons. The number of rotatable bonds is 14. The molecule has 0 unspecified atom stereocenters. The van der Waals surface area contributed by atoms with E-state index in [0.717, 1.165) is 55.6 Å². The molecular weight excluding hydrogens is 1180 g/mol. The van der Waals surface area contributed by atoms with Crippen molar-refractivity contribution in [3.63, 3.8) is 0 Å². The summed E-state index contributed by atoms with van der Waals surface area (Å²) < 4.78 is 26.3. The van der Waals surface area contributed by atoms with E-state index >= 15 is 19.2 Å². The predicted molar refractivity (Wildman–Crippen MR) is 340 cm³/mol. The van der Waals surface area contributed by atoms with E-state index in [0.29, 0.717) is 36.5 Å². The Bertz CT molecular complexity index is 4780. The van der Waals surface area contributed by atoms with Crippen LogP contribution in [0.5, 0.6) is 0 Å². The lowest BCUT2D eigenvalue weighted by atomic mass is 9.76. The lowest BCUT2D eigenvalue weighted by Crippen LogP contribution is -2.45. The summed E-state index contributed by atoms with van der Waals surface area (Å²) in [6, 6.07) is 60.2. The van der Waals surface area contributed by atoms with Crippen LogP contribution in [0.1, 0.15) is 94.3 Å². The third-order valence-corrected chi connectivity index (χ3v) is 20.2. The molecule has 0 saturated heterocycles. The van der Waals surface area contributed by atoms with Crippen molar-refractivity contribution in [1.29, 1.82) is 0 Å². The highest BCUT2D eigenvalue weighted by Crippen LogP contribution is 2.69. The molecule has 0 aliphatic heterocycles. The zero-order valence-corrected chi connectivity index (χ0v) is 49.2. The summed E-state index contributed by atoms with van der Waals surface area (Å²) in [6.07, 6.45) is 2.92. The minimum absolute atomic E-state index is 0.0330. The second kappa shape index (κ2) is 21.7. The Morgan fingerprint density at radius 2 is 0.685 bits per heavy atom. The SMILES string of the molecule is O=C1C(=Cc2cc3c(s2)C2=C(c4sc5cc(C=C6C(=O)c7cc8ccccc8cc7C6=O)sc5c4C2(C(=O)OCc2ccccc2)C(=O)OCc2ccccc2)C3(C(=O)OCc2ccccc2)C(=O)OCc2ccccc2)C(=O)c2cc3ccccc3cc21. The highest BCUT2D eigenvalue weighted by Gasteiger charge is 2.72. The first-order chi connectivity index (χ1) is 43.4. The van der Waals surface area contributed by atoms with Crippen molar-refractivity contribution in [2.24, 2.45) is 0 Å². The van der Waals surface area contributed by atoms with Gasteiger partial charge in [0.1, 0.15) is 26.4 Å². The molecule has 0 saturated carbocycles. The van der Waals surface area contributed by atoms with Gasteiger partial charge in [0, 0.05) is 68.7 Å². The summed E-state index contributed by atoms with van der Waals surface area (Å²) in [6.45, 7) is -1.32. The number of fused-ring (bicyclic) bond motifs is 10. The summed E-state index contributed by atoms with van der Waals surface area (Å²) >= 11 is 3.14. The number of carbonyl (C=O) groups is 8. The van der Waals surface area contributed by atoms with E-state index in [1.807, 2.05) is 48.5 Å². The van der Waals surface area contributed by atoms with E-state index in [1.165, 1.54) is 18.2 Å².